The average Bonchev–Trinajstić information content (AvgIpc) is 3.10. The third-order valence-electron chi connectivity index (χ3n) is 3.84. The van der Waals surface area contributed by atoms with Crippen molar-refractivity contribution in [2.75, 3.05) is 32.8 Å². The molecule has 0 spiro atoms. The third-order valence-corrected chi connectivity index (χ3v) is 3.84. The van der Waals surface area contributed by atoms with E-state index in [4.69, 9.17) is 14.1 Å². The predicted molar refractivity (Wildman–Crippen MR) is 88.9 cm³/mol. The van der Waals surface area contributed by atoms with E-state index in [0.717, 1.165) is 44.3 Å². The molecule has 0 bridgehead atoms. The van der Waals surface area contributed by atoms with Crippen LogP contribution in [0.15, 0.2) is 27.8 Å². The van der Waals surface area contributed by atoms with Crippen LogP contribution in [0, 0.1) is 5.41 Å². The standard InChI is InChI=1S/C17H29N3O2/c1-4-18-16(20-10-8-17(2,3)14-20)19-9-6-11-21-13-15-7-5-12-22-15/h5,7,12H,4,6,8-11,13-14H2,1-3H3,(H,18,19). The van der Waals surface area contributed by atoms with E-state index in [1.807, 2.05) is 12.1 Å². The van der Waals surface area contributed by atoms with Gasteiger partial charge in [0.25, 0.3) is 0 Å². The second-order valence-corrected chi connectivity index (χ2v) is 6.56. The van der Waals surface area contributed by atoms with Crippen LogP contribution in [0.5, 0.6) is 0 Å². The highest BCUT2D eigenvalue weighted by Gasteiger charge is 2.30. The van der Waals surface area contributed by atoms with Crippen molar-refractivity contribution in [2.24, 2.45) is 10.4 Å². The van der Waals surface area contributed by atoms with E-state index in [0.29, 0.717) is 18.6 Å². The Labute approximate surface area is 133 Å². The SMILES string of the molecule is CCNC(=NCCCOCc1ccco1)N1CCC(C)(C)C1. The van der Waals surface area contributed by atoms with Crippen molar-refractivity contribution in [1.82, 2.24) is 10.2 Å². The lowest BCUT2D eigenvalue weighted by molar-refractivity contribution is 0.105. The minimum atomic E-state index is 0.391. The number of nitrogens with one attached hydrogen (secondary N) is 1. The molecular weight excluding hydrogens is 278 g/mol. The Bertz CT molecular complexity index is 454. The molecule has 1 aliphatic rings. The molecule has 1 aromatic rings. The molecular formula is C17H29N3O2. The molecule has 0 saturated carbocycles. The largest absolute Gasteiger partial charge is 0.467 e. The monoisotopic (exact) mass is 307 g/mol. The van der Waals surface area contributed by atoms with Gasteiger partial charge in [0, 0.05) is 32.8 Å². The molecule has 1 aliphatic heterocycles. The summed E-state index contributed by atoms with van der Waals surface area (Å²) in [5.41, 5.74) is 0.391. The van der Waals surface area contributed by atoms with Crippen LogP contribution in [-0.4, -0.2) is 43.6 Å². The van der Waals surface area contributed by atoms with E-state index in [9.17, 15) is 0 Å². The summed E-state index contributed by atoms with van der Waals surface area (Å²) in [6, 6.07) is 3.81. The quantitative estimate of drug-likeness (QED) is 0.478. The van der Waals surface area contributed by atoms with Crippen molar-refractivity contribution < 1.29 is 9.15 Å². The van der Waals surface area contributed by atoms with Crippen molar-refractivity contribution in [3.05, 3.63) is 24.2 Å². The third kappa shape index (κ3) is 5.37. The van der Waals surface area contributed by atoms with E-state index in [1.54, 1.807) is 6.26 Å². The summed E-state index contributed by atoms with van der Waals surface area (Å²) in [4.78, 5) is 7.09. The predicted octanol–water partition coefficient (Wildman–Crippen LogP) is 2.88. The van der Waals surface area contributed by atoms with Gasteiger partial charge in [-0.3, -0.25) is 4.99 Å². The van der Waals surface area contributed by atoms with E-state index >= 15 is 0 Å². The Morgan fingerprint density at radius 3 is 3.00 bits per heavy atom. The first-order chi connectivity index (χ1) is 10.6. The zero-order valence-electron chi connectivity index (χ0n) is 14.1. The Hall–Kier alpha value is -1.49. The minimum absolute atomic E-state index is 0.391. The van der Waals surface area contributed by atoms with E-state index in [-0.39, 0.29) is 0 Å². The van der Waals surface area contributed by atoms with Crippen molar-refractivity contribution in [1.29, 1.82) is 0 Å². The van der Waals surface area contributed by atoms with Gasteiger partial charge in [0.15, 0.2) is 5.96 Å². The molecule has 0 amide bonds. The number of hydrogen-bond donors (Lipinski definition) is 1. The summed E-state index contributed by atoms with van der Waals surface area (Å²) in [5, 5.41) is 3.40. The van der Waals surface area contributed by atoms with E-state index in [2.05, 4.69) is 31.0 Å². The second-order valence-electron chi connectivity index (χ2n) is 6.56. The highest BCUT2D eigenvalue weighted by atomic mass is 16.5. The fourth-order valence-corrected chi connectivity index (χ4v) is 2.64. The maximum atomic E-state index is 5.58. The number of ether oxygens (including phenoxy) is 1. The highest BCUT2D eigenvalue weighted by Crippen LogP contribution is 2.28. The Kier molecular flexibility index (Phi) is 6.31. The number of aliphatic imine (C=N–C) groups is 1. The second kappa shape index (κ2) is 8.22. The molecule has 124 valence electrons. The first-order valence-corrected chi connectivity index (χ1v) is 8.24. The summed E-state index contributed by atoms with van der Waals surface area (Å²) in [6.07, 6.45) is 3.82. The molecule has 22 heavy (non-hydrogen) atoms. The Morgan fingerprint density at radius 1 is 1.50 bits per heavy atom. The molecule has 0 radical (unpaired) electrons. The first-order valence-electron chi connectivity index (χ1n) is 8.24. The van der Waals surface area contributed by atoms with Crippen LogP contribution in [-0.2, 0) is 11.3 Å². The molecule has 1 fully saturated rings. The van der Waals surface area contributed by atoms with Crippen molar-refractivity contribution in [2.45, 2.75) is 40.2 Å². The summed E-state index contributed by atoms with van der Waals surface area (Å²) >= 11 is 0. The number of rotatable bonds is 7. The van der Waals surface area contributed by atoms with Crippen molar-refractivity contribution >= 4 is 5.96 Å². The Balaban J connectivity index is 1.69. The van der Waals surface area contributed by atoms with Crippen molar-refractivity contribution in [3.8, 4) is 0 Å². The van der Waals surface area contributed by atoms with Crippen LogP contribution >= 0.6 is 0 Å². The molecule has 0 aromatic carbocycles. The van der Waals surface area contributed by atoms with Gasteiger partial charge in [-0.25, -0.2) is 0 Å². The molecule has 0 aliphatic carbocycles. The first kappa shape index (κ1) is 16.9. The number of furan rings is 1. The lowest BCUT2D eigenvalue weighted by atomic mass is 9.93. The summed E-state index contributed by atoms with van der Waals surface area (Å²) in [7, 11) is 0. The topological polar surface area (TPSA) is 50.0 Å². The summed E-state index contributed by atoms with van der Waals surface area (Å²) < 4.78 is 10.8. The smallest absolute Gasteiger partial charge is 0.193 e. The molecule has 1 saturated heterocycles. The molecule has 5 heteroatoms. The van der Waals surface area contributed by atoms with Crippen LogP contribution in [0.3, 0.4) is 0 Å². The molecule has 5 nitrogen and oxygen atoms in total. The molecule has 0 atom stereocenters. The van der Waals surface area contributed by atoms with Gasteiger partial charge in [-0.05, 0) is 37.3 Å². The highest BCUT2D eigenvalue weighted by molar-refractivity contribution is 5.80. The molecule has 0 unspecified atom stereocenters. The van der Waals surface area contributed by atoms with Crippen LogP contribution < -0.4 is 5.32 Å². The number of nitrogens with zero attached hydrogens (tertiary/aromatic N) is 2. The summed E-state index contributed by atoms with van der Waals surface area (Å²) in [5.74, 6) is 1.91. The van der Waals surface area contributed by atoms with Gasteiger partial charge in [-0.15, -0.1) is 0 Å². The van der Waals surface area contributed by atoms with Gasteiger partial charge >= 0.3 is 0 Å². The Morgan fingerprint density at radius 2 is 2.36 bits per heavy atom. The lowest BCUT2D eigenvalue weighted by Gasteiger charge is -2.23. The van der Waals surface area contributed by atoms with Crippen LogP contribution in [0.25, 0.3) is 0 Å². The van der Waals surface area contributed by atoms with E-state index in [1.165, 1.54) is 6.42 Å². The maximum Gasteiger partial charge on any atom is 0.193 e. The molecule has 2 rings (SSSR count). The van der Waals surface area contributed by atoms with Gasteiger partial charge in [0.2, 0.25) is 0 Å². The van der Waals surface area contributed by atoms with Gasteiger partial charge in [0.05, 0.1) is 6.26 Å². The average molecular weight is 307 g/mol. The van der Waals surface area contributed by atoms with Crippen LogP contribution in [0.2, 0.25) is 0 Å². The fraction of sp³-hybridized carbons (Fsp3) is 0.706. The van der Waals surface area contributed by atoms with Gasteiger partial charge in [-0.1, -0.05) is 13.8 Å². The number of guanidine groups is 1. The van der Waals surface area contributed by atoms with Crippen LogP contribution in [0.1, 0.15) is 39.4 Å². The fourth-order valence-electron chi connectivity index (χ4n) is 2.64. The van der Waals surface area contributed by atoms with Crippen molar-refractivity contribution in [3.63, 3.8) is 0 Å². The van der Waals surface area contributed by atoms with Gasteiger partial charge in [-0.2, -0.15) is 0 Å². The minimum Gasteiger partial charge on any atom is -0.467 e. The number of hydrogen-bond acceptors (Lipinski definition) is 3. The van der Waals surface area contributed by atoms with Gasteiger partial charge < -0.3 is 19.4 Å². The maximum absolute atomic E-state index is 5.58. The van der Waals surface area contributed by atoms with Crippen LogP contribution in [0.4, 0.5) is 0 Å². The normalized spacial score (nSPS) is 18.0. The zero-order chi connectivity index (χ0) is 15.8. The van der Waals surface area contributed by atoms with Gasteiger partial charge in [0.1, 0.15) is 12.4 Å². The van der Waals surface area contributed by atoms with E-state index < -0.39 is 0 Å². The lowest BCUT2D eigenvalue weighted by Crippen LogP contribution is -2.40. The summed E-state index contributed by atoms with van der Waals surface area (Å²) in [6.45, 7) is 11.9. The zero-order valence-corrected chi connectivity index (χ0v) is 14.1. The molecule has 1 aromatic heterocycles. The number of likely N-dealkylation sites (tertiary alicyclic amines) is 1. The molecule has 2 heterocycles. The molecule has 1 N–H and O–H groups in total.